The maximum Gasteiger partial charge on any atom is 0.0698 e. The van der Waals surface area contributed by atoms with E-state index in [1.807, 2.05) is 7.11 Å². The van der Waals surface area contributed by atoms with Gasteiger partial charge in [0, 0.05) is 13.2 Å². The Hall–Kier alpha value is -0.0800. The predicted molar refractivity (Wildman–Crippen MR) is 74.3 cm³/mol. The summed E-state index contributed by atoms with van der Waals surface area (Å²) in [5.41, 5.74) is 0. The zero-order chi connectivity index (χ0) is 12.7. The van der Waals surface area contributed by atoms with Crippen molar-refractivity contribution in [1.82, 2.24) is 5.32 Å². The summed E-state index contributed by atoms with van der Waals surface area (Å²) in [7, 11) is 1.84. The van der Waals surface area contributed by atoms with Crippen LogP contribution in [0, 0.1) is 11.8 Å². The summed E-state index contributed by atoms with van der Waals surface area (Å²) >= 11 is 0. The van der Waals surface area contributed by atoms with E-state index in [1.54, 1.807) is 0 Å². The zero-order valence-electron chi connectivity index (χ0n) is 12.2. The van der Waals surface area contributed by atoms with Gasteiger partial charge in [0.25, 0.3) is 0 Å². The molecule has 0 heterocycles. The van der Waals surface area contributed by atoms with Crippen LogP contribution in [-0.2, 0) is 4.74 Å². The van der Waals surface area contributed by atoms with Gasteiger partial charge in [-0.15, -0.1) is 0 Å². The minimum Gasteiger partial charge on any atom is -0.380 e. The van der Waals surface area contributed by atoms with Crippen molar-refractivity contribution in [2.45, 2.75) is 71.4 Å². The highest BCUT2D eigenvalue weighted by Crippen LogP contribution is 2.34. The second-order valence-electron chi connectivity index (χ2n) is 5.62. The van der Waals surface area contributed by atoms with Gasteiger partial charge in [-0.05, 0) is 44.6 Å². The second kappa shape index (κ2) is 8.10. The number of rotatable bonds is 7. The van der Waals surface area contributed by atoms with Crippen molar-refractivity contribution in [3.63, 3.8) is 0 Å². The van der Waals surface area contributed by atoms with E-state index in [-0.39, 0.29) is 0 Å². The third-order valence-electron chi connectivity index (χ3n) is 4.42. The van der Waals surface area contributed by atoms with Gasteiger partial charge < -0.3 is 10.1 Å². The Balaban J connectivity index is 2.54. The lowest BCUT2D eigenvalue weighted by atomic mass is 9.75. The lowest BCUT2D eigenvalue weighted by Crippen LogP contribution is -2.46. The Kier molecular flexibility index (Phi) is 7.14. The molecule has 4 atom stereocenters. The molecule has 1 fully saturated rings. The SMILES string of the molecule is CCCNC(C1CCCC(CC)C1)C(C)OC. The predicted octanol–water partition coefficient (Wildman–Crippen LogP) is 3.61. The number of ether oxygens (including phenoxy) is 1. The first kappa shape index (κ1) is 15.0. The molecular formula is C15H31NO. The molecule has 0 radical (unpaired) electrons. The van der Waals surface area contributed by atoms with E-state index < -0.39 is 0 Å². The second-order valence-corrected chi connectivity index (χ2v) is 5.62. The van der Waals surface area contributed by atoms with Crippen LogP contribution in [0.25, 0.3) is 0 Å². The number of hydrogen-bond donors (Lipinski definition) is 1. The summed E-state index contributed by atoms with van der Waals surface area (Å²) in [6.45, 7) is 7.90. The van der Waals surface area contributed by atoms with E-state index in [0.717, 1.165) is 18.4 Å². The van der Waals surface area contributed by atoms with Gasteiger partial charge in [-0.1, -0.05) is 33.1 Å². The van der Waals surface area contributed by atoms with Crippen LogP contribution in [0.1, 0.15) is 59.3 Å². The molecule has 2 nitrogen and oxygen atoms in total. The first-order valence-corrected chi connectivity index (χ1v) is 7.49. The number of hydrogen-bond acceptors (Lipinski definition) is 2. The average molecular weight is 241 g/mol. The lowest BCUT2D eigenvalue weighted by molar-refractivity contribution is 0.0457. The van der Waals surface area contributed by atoms with Crippen LogP contribution >= 0.6 is 0 Å². The van der Waals surface area contributed by atoms with Gasteiger partial charge in [0.15, 0.2) is 0 Å². The van der Waals surface area contributed by atoms with Crippen molar-refractivity contribution in [2.75, 3.05) is 13.7 Å². The van der Waals surface area contributed by atoms with Crippen molar-refractivity contribution in [3.05, 3.63) is 0 Å². The van der Waals surface area contributed by atoms with Gasteiger partial charge in [-0.2, -0.15) is 0 Å². The highest BCUT2D eigenvalue weighted by molar-refractivity contribution is 4.86. The Morgan fingerprint density at radius 1 is 1.29 bits per heavy atom. The molecule has 0 aromatic carbocycles. The van der Waals surface area contributed by atoms with Crippen LogP contribution in [-0.4, -0.2) is 25.8 Å². The average Bonchev–Trinajstić information content (AvgIpc) is 2.39. The van der Waals surface area contributed by atoms with E-state index in [4.69, 9.17) is 4.74 Å². The lowest BCUT2D eigenvalue weighted by Gasteiger charge is -2.37. The van der Waals surface area contributed by atoms with E-state index in [0.29, 0.717) is 12.1 Å². The van der Waals surface area contributed by atoms with Gasteiger partial charge in [-0.25, -0.2) is 0 Å². The smallest absolute Gasteiger partial charge is 0.0698 e. The molecule has 1 N–H and O–H groups in total. The van der Waals surface area contributed by atoms with Gasteiger partial charge in [0.05, 0.1) is 6.10 Å². The van der Waals surface area contributed by atoms with E-state index in [9.17, 15) is 0 Å². The molecule has 0 amide bonds. The quantitative estimate of drug-likeness (QED) is 0.735. The molecule has 0 saturated heterocycles. The fourth-order valence-corrected chi connectivity index (χ4v) is 3.20. The van der Waals surface area contributed by atoms with Crippen LogP contribution in [0.4, 0.5) is 0 Å². The van der Waals surface area contributed by atoms with E-state index >= 15 is 0 Å². The standard InChI is InChI=1S/C15H31NO/c1-5-10-16-15(12(3)17-4)14-9-7-8-13(6-2)11-14/h12-16H,5-11H2,1-4H3. The normalized spacial score (nSPS) is 28.9. The summed E-state index contributed by atoms with van der Waals surface area (Å²) < 4.78 is 5.57. The molecule has 1 aliphatic carbocycles. The molecule has 1 rings (SSSR count). The van der Waals surface area contributed by atoms with Crippen molar-refractivity contribution in [1.29, 1.82) is 0 Å². The fourth-order valence-electron chi connectivity index (χ4n) is 3.20. The third kappa shape index (κ3) is 4.59. The van der Waals surface area contributed by atoms with E-state index in [1.165, 1.54) is 38.5 Å². The number of nitrogens with one attached hydrogen (secondary N) is 1. The van der Waals surface area contributed by atoms with Crippen molar-refractivity contribution >= 4 is 0 Å². The van der Waals surface area contributed by atoms with E-state index in [2.05, 4.69) is 26.1 Å². The maximum atomic E-state index is 5.57. The van der Waals surface area contributed by atoms with Crippen LogP contribution in [0.3, 0.4) is 0 Å². The van der Waals surface area contributed by atoms with Crippen molar-refractivity contribution < 1.29 is 4.74 Å². The van der Waals surface area contributed by atoms with Crippen LogP contribution in [0.15, 0.2) is 0 Å². The molecule has 0 bridgehead atoms. The summed E-state index contributed by atoms with van der Waals surface area (Å²) in [6.07, 6.45) is 8.51. The molecule has 0 aromatic heterocycles. The molecule has 17 heavy (non-hydrogen) atoms. The van der Waals surface area contributed by atoms with Crippen molar-refractivity contribution in [2.24, 2.45) is 11.8 Å². The van der Waals surface area contributed by atoms with Gasteiger partial charge in [0.2, 0.25) is 0 Å². The van der Waals surface area contributed by atoms with Crippen LogP contribution in [0.2, 0.25) is 0 Å². The van der Waals surface area contributed by atoms with Crippen molar-refractivity contribution in [3.8, 4) is 0 Å². The minimum atomic E-state index is 0.335. The Morgan fingerprint density at radius 2 is 2.06 bits per heavy atom. The largest absolute Gasteiger partial charge is 0.380 e. The van der Waals surface area contributed by atoms with Crippen LogP contribution in [0.5, 0.6) is 0 Å². The summed E-state index contributed by atoms with van der Waals surface area (Å²) in [5, 5.41) is 3.71. The van der Waals surface area contributed by atoms with Gasteiger partial charge in [-0.3, -0.25) is 0 Å². The Morgan fingerprint density at radius 3 is 2.65 bits per heavy atom. The minimum absolute atomic E-state index is 0.335. The first-order chi connectivity index (χ1) is 8.22. The third-order valence-corrected chi connectivity index (χ3v) is 4.42. The molecule has 2 heteroatoms. The molecule has 0 aromatic rings. The zero-order valence-corrected chi connectivity index (χ0v) is 12.2. The van der Waals surface area contributed by atoms with Crippen LogP contribution < -0.4 is 5.32 Å². The monoisotopic (exact) mass is 241 g/mol. The van der Waals surface area contributed by atoms with Gasteiger partial charge >= 0.3 is 0 Å². The first-order valence-electron chi connectivity index (χ1n) is 7.49. The fraction of sp³-hybridized carbons (Fsp3) is 1.00. The Labute approximate surface area is 108 Å². The van der Waals surface area contributed by atoms with Gasteiger partial charge in [0.1, 0.15) is 0 Å². The summed E-state index contributed by atoms with van der Waals surface area (Å²) in [5.74, 6) is 1.76. The molecule has 102 valence electrons. The molecule has 0 aliphatic heterocycles. The molecule has 1 saturated carbocycles. The summed E-state index contributed by atoms with van der Waals surface area (Å²) in [4.78, 5) is 0. The summed E-state index contributed by atoms with van der Waals surface area (Å²) in [6, 6.07) is 0.550. The molecule has 4 unspecified atom stereocenters. The Bertz CT molecular complexity index is 195. The maximum absolute atomic E-state index is 5.57. The molecule has 0 spiro atoms. The topological polar surface area (TPSA) is 21.3 Å². The molecule has 1 aliphatic rings. The number of methoxy groups -OCH3 is 1. The molecular weight excluding hydrogens is 210 g/mol. The highest BCUT2D eigenvalue weighted by Gasteiger charge is 2.30. The highest BCUT2D eigenvalue weighted by atomic mass is 16.5.